The zero-order valence-corrected chi connectivity index (χ0v) is 11.4. The average molecular weight is 264 g/mol. The standard InChI is InChI=1S/C17H16N2O/c1-13-7-9-16(10-8-13)19-17(15(11-18)12-20-19)14-5-3-2-4-6-14/h2-10,15,17H,12H2,1H3. The Balaban J connectivity index is 1.98. The second kappa shape index (κ2) is 5.36. The maximum atomic E-state index is 9.35. The van der Waals surface area contributed by atoms with Crippen molar-refractivity contribution in [2.24, 2.45) is 5.92 Å². The summed E-state index contributed by atoms with van der Waals surface area (Å²) in [7, 11) is 0. The minimum Gasteiger partial charge on any atom is -0.271 e. The maximum absolute atomic E-state index is 9.35. The van der Waals surface area contributed by atoms with E-state index in [0.717, 1.165) is 11.3 Å². The normalized spacial score (nSPS) is 21.7. The van der Waals surface area contributed by atoms with Gasteiger partial charge >= 0.3 is 0 Å². The maximum Gasteiger partial charge on any atom is 0.0996 e. The van der Waals surface area contributed by atoms with Crippen LogP contribution in [0.4, 0.5) is 5.69 Å². The Bertz CT molecular complexity index is 616. The Labute approximate surface area is 119 Å². The van der Waals surface area contributed by atoms with Crippen molar-refractivity contribution < 1.29 is 4.84 Å². The van der Waals surface area contributed by atoms with Crippen LogP contribution in [0.1, 0.15) is 17.2 Å². The fourth-order valence-corrected chi connectivity index (χ4v) is 2.55. The first kappa shape index (κ1) is 12.7. The van der Waals surface area contributed by atoms with Crippen LogP contribution in [0.2, 0.25) is 0 Å². The van der Waals surface area contributed by atoms with Gasteiger partial charge in [0, 0.05) is 0 Å². The van der Waals surface area contributed by atoms with E-state index in [0.29, 0.717) is 6.61 Å². The number of anilines is 1. The second-order valence-corrected chi connectivity index (χ2v) is 5.05. The predicted octanol–water partition coefficient (Wildman–Crippen LogP) is 3.63. The summed E-state index contributed by atoms with van der Waals surface area (Å²) in [4.78, 5) is 5.76. The van der Waals surface area contributed by atoms with Crippen LogP contribution in [0, 0.1) is 24.2 Å². The molecule has 1 aliphatic heterocycles. The summed E-state index contributed by atoms with van der Waals surface area (Å²) in [6.45, 7) is 2.49. The molecule has 2 unspecified atom stereocenters. The summed E-state index contributed by atoms with van der Waals surface area (Å²) in [5.41, 5.74) is 3.31. The van der Waals surface area contributed by atoms with E-state index in [-0.39, 0.29) is 12.0 Å². The molecule has 2 atom stereocenters. The first-order chi connectivity index (χ1) is 9.79. The third kappa shape index (κ3) is 2.26. The van der Waals surface area contributed by atoms with Gasteiger partial charge < -0.3 is 0 Å². The van der Waals surface area contributed by atoms with Crippen molar-refractivity contribution in [2.75, 3.05) is 11.7 Å². The van der Waals surface area contributed by atoms with E-state index in [4.69, 9.17) is 4.84 Å². The number of benzene rings is 2. The van der Waals surface area contributed by atoms with Gasteiger partial charge in [-0.1, -0.05) is 48.0 Å². The Morgan fingerprint density at radius 3 is 2.45 bits per heavy atom. The topological polar surface area (TPSA) is 36.3 Å². The van der Waals surface area contributed by atoms with E-state index in [1.807, 2.05) is 47.5 Å². The minimum absolute atomic E-state index is 0.0519. The van der Waals surface area contributed by atoms with Crippen molar-refractivity contribution in [3.05, 3.63) is 65.7 Å². The zero-order valence-electron chi connectivity index (χ0n) is 11.4. The summed E-state index contributed by atoms with van der Waals surface area (Å²) < 4.78 is 0. The highest BCUT2D eigenvalue weighted by Gasteiger charge is 2.37. The first-order valence-corrected chi connectivity index (χ1v) is 6.73. The molecule has 0 aromatic heterocycles. The average Bonchev–Trinajstić information content (AvgIpc) is 2.93. The molecule has 0 amide bonds. The number of hydroxylamine groups is 1. The van der Waals surface area contributed by atoms with Crippen molar-refractivity contribution in [3.63, 3.8) is 0 Å². The lowest BCUT2D eigenvalue weighted by Crippen LogP contribution is -2.23. The third-order valence-electron chi connectivity index (χ3n) is 3.62. The molecule has 0 saturated carbocycles. The van der Waals surface area contributed by atoms with Crippen LogP contribution in [0.3, 0.4) is 0 Å². The molecule has 0 radical (unpaired) electrons. The number of nitriles is 1. The lowest BCUT2D eigenvalue weighted by molar-refractivity contribution is 0.156. The van der Waals surface area contributed by atoms with Gasteiger partial charge in [0.1, 0.15) is 0 Å². The first-order valence-electron chi connectivity index (χ1n) is 6.73. The monoisotopic (exact) mass is 264 g/mol. The second-order valence-electron chi connectivity index (χ2n) is 5.05. The largest absolute Gasteiger partial charge is 0.271 e. The molecule has 1 heterocycles. The quantitative estimate of drug-likeness (QED) is 0.831. The molecule has 0 bridgehead atoms. The molecule has 0 aliphatic carbocycles. The van der Waals surface area contributed by atoms with Gasteiger partial charge in [0.15, 0.2) is 0 Å². The number of hydrogen-bond acceptors (Lipinski definition) is 3. The molecule has 1 saturated heterocycles. The summed E-state index contributed by atoms with van der Waals surface area (Å²) in [5, 5.41) is 11.2. The SMILES string of the molecule is Cc1ccc(N2OCC(C#N)C2c2ccccc2)cc1. The predicted molar refractivity (Wildman–Crippen MR) is 77.9 cm³/mol. The van der Waals surface area contributed by atoms with Gasteiger partial charge in [0.25, 0.3) is 0 Å². The Morgan fingerprint density at radius 1 is 1.10 bits per heavy atom. The summed E-state index contributed by atoms with van der Waals surface area (Å²) in [6, 6.07) is 20.5. The third-order valence-corrected chi connectivity index (χ3v) is 3.62. The summed E-state index contributed by atoms with van der Waals surface area (Å²) in [5.74, 6) is -0.154. The van der Waals surface area contributed by atoms with Crippen molar-refractivity contribution in [1.82, 2.24) is 0 Å². The molecular weight excluding hydrogens is 248 g/mol. The van der Waals surface area contributed by atoms with Crippen molar-refractivity contribution in [3.8, 4) is 6.07 Å². The highest BCUT2D eigenvalue weighted by Crippen LogP contribution is 2.38. The van der Waals surface area contributed by atoms with Gasteiger partial charge in [0.2, 0.25) is 0 Å². The van der Waals surface area contributed by atoms with E-state index < -0.39 is 0 Å². The van der Waals surface area contributed by atoms with Crippen LogP contribution >= 0.6 is 0 Å². The van der Waals surface area contributed by atoms with Crippen molar-refractivity contribution >= 4 is 5.69 Å². The van der Waals surface area contributed by atoms with Crippen molar-refractivity contribution in [2.45, 2.75) is 13.0 Å². The van der Waals surface area contributed by atoms with E-state index in [2.05, 4.69) is 25.1 Å². The Hall–Kier alpha value is -2.31. The molecule has 3 nitrogen and oxygen atoms in total. The molecule has 3 heteroatoms. The van der Waals surface area contributed by atoms with Crippen LogP contribution < -0.4 is 5.06 Å². The Kier molecular flexibility index (Phi) is 3.41. The molecule has 20 heavy (non-hydrogen) atoms. The van der Waals surface area contributed by atoms with Gasteiger partial charge in [-0.3, -0.25) is 4.84 Å². The van der Waals surface area contributed by atoms with E-state index >= 15 is 0 Å². The number of rotatable bonds is 2. The molecule has 1 fully saturated rings. The molecule has 100 valence electrons. The highest BCUT2D eigenvalue weighted by atomic mass is 16.7. The lowest BCUT2D eigenvalue weighted by atomic mass is 9.95. The van der Waals surface area contributed by atoms with Gasteiger partial charge in [-0.25, -0.2) is 5.06 Å². The van der Waals surface area contributed by atoms with Crippen LogP contribution in [0.15, 0.2) is 54.6 Å². The molecule has 0 N–H and O–H groups in total. The number of hydrogen-bond donors (Lipinski definition) is 0. The molecule has 3 rings (SSSR count). The molecule has 1 aliphatic rings. The summed E-state index contributed by atoms with van der Waals surface area (Å²) >= 11 is 0. The number of aryl methyl sites for hydroxylation is 1. The van der Waals surface area contributed by atoms with Crippen LogP contribution in [-0.2, 0) is 4.84 Å². The molecular formula is C17H16N2O. The van der Waals surface area contributed by atoms with E-state index in [1.54, 1.807) is 0 Å². The molecule has 2 aromatic carbocycles. The Morgan fingerprint density at radius 2 is 1.80 bits per heavy atom. The van der Waals surface area contributed by atoms with Gasteiger partial charge in [-0.15, -0.1) is 0 Å². The van der Waals surface area contributed by atoms with E-state index in [9.17, 15) is 5.26 Å². The van der Waals surface area contributed by atoms with E-state index in [1.165, 1.54) is 5.56 Å². The zero-order chi connectivity index (χ0) is 13.9. The highest BCUT2D eigenvalue weighted by molar-refractivity contribution is 5.49. The fourth-order valence-electron chi connectivity index (χ4n) is 2.55. The minimum atomic E-state index is -0.154. The van der Waals surface area contributed by atoms with Gasteiger partial charge in [0.05, 0.1) is 30.3 Å². The van der Waals surface area contributed by atoms with Crippen LogP contribution in [-0.4, -0.2) is 6.61 Å². The summed E-state index contributed by atoms with van der Waals surface area (Å²) in [6.07, 6.45) is 0. The van der Waals surface area contributed by atoms with Gasteiger partial charge in [-0.05, 0) is 24.6 Å². The number of nitrogens with zero attached hydrogens (tertiary/aromatic N) is 2. The van der Waals surface area contributed by atoms with Gasteiger partial charge in [-0.2, -0.15) is 5.26 Å². The lowest BCUT2D eigenvalue weighted by Gasteiger charge is -2.26. The van der Waals surface area contributed by atoms with Crippen LogP contribution in [0.25, 0.3) is 0 Å². The fraction of sp³-hybridized carbons (Fsp3) is 0.235. The molecule has 2 aromatic rings. The smallest absolute Gasteiger partial charge is 0.0996 e. The van der Waals surface area contributed by atoms with Crippen LogP contribution in [0.5, 0.6) is 0 Å². The van der Waals surface area contributed by atoms with Crippen molar-refractivity contribution in [1.29, 1.82) is 5.26 Å². The molecule has 0 spiro atoms.